The van der Waals surface area contributed by atoms with Gasteiger partial charge in [-0.15, -0.1) is 0 Å². The Bertz CT molecular complexity index is 667. The molecule has 1 aliphatic heterocycles. The van der Waals surface area contributed by atoms with E-state index in [9.17, 15) is 0 Å². The fourth-order valence-corrected chi connectivity index (χ4v) is 2.39. The summed E-state index contributed by atoms with van der Waals surface area (Å²) in [6, 6.07) is 2.05. The van der Waals surface area contributed by atoms with Crippen LogP contribution in [0.1, 0.15) is 24.1 Å². The summed E-state index contributed by atoms with van der Waals surface area (Å²) in [5.41, 5.74) is 3.92. The first kappa shape index (κ1) is 8.98. The summed E-state index contributed by atoms with van der Waals surface area (Å²) in [5, 5.41) is 4.70. The molecule has 0 atom stereocenters. The number of hydrogen-bond acceptors (Lipinski definition) is 4. The van der Waals surface area contributed by atoms with E-state index in [-0.39, 0.29) is 0 Å². The fourth-order valence-electron chi connectivity index (χ4n) is 2.39. The largest absolute Gasteiger partial charge is 0.488 e. The average Bonchev–Trinajstić information content (AvgIpc) is 2.83. The van der Waals surface area contributed by atoms with Gasteiger partial charge in [0.1, 0.15) is 12.4 Å². The number of aromatic nitrogens is 2. The van der Waals surface area contributed by atoms with Crippen molar-refractivity contribution in [2.45, 2.75) is 19.4 Å². The molecule has 4 heteroatoms. The Balaban J connectivity index is 2.01. The van der Waals surface area contributed by atoms with Gasteiger partial charge in [-0.05, 0) is 25.0 Å². The smallest absolute Gasteiger partial charge is 0.258 e. The minimum absolute atomic E-state index is 0.576. The maximum atomic E-state index is 5.74. The lowest BCUT2D eigenvalue weighted by Crippen LogP contribution is -2.10. The molecule has 0 saturated carbocycles. The second-order valence-corrected chi connectivity index (χ2v) is 4.29. The van der Waals surface area contributed by atoms with Gasteiger partial charge in [0.25, 0.3) is 5.71 Å². The number of hydrogen-bond donors (Lipinski definition) is 0. The molecule has 4 rings (SSSR count). The van der Waals surface area contributed by atoms with Gasteiger partial charge in [0.2, 0.25) is 0 Å². The number of allylic oxidation sites excluding steroid dienone is 3. The van der Waals surface area contributed by atoms with Crippen LogP contribution in [-0.4, -0.2) is 10.1 Å². The molecule has 0 saturated heterocycles. The number of fused-ring (bicyclic) bond motifs is 3. The summed E-state index contributed by atoms with van der Waals surface area (Å²) >= 11 is 0. The van der Waals surface area contributed by atoms with Crippen molar-refractivity contribution in [2.75, 3.05) is 0 Å². The molecule has 4 nitrogen and oxygen atoms in total. The normalized spacial score (nSPS) is 17.9. The third kappa shape index (κ3) is 1.24. The minimum Gasteiger partial charge on any atom is -0.488 e. The van der Waals surface area contributed by atoms with Gasteiger partial charge in [-0.1, -0.05) is 11.2 Å². The van der Waals surface area contributed by atoms with Gasteiger partial charge in [0.15, 0.2) is 0 Å². The van der Waals surface area contributed by atoms with Crippen LogP contribution in [0.4, 0.5) is 0 Å². The first-order chi connectivity index (χ1) is 8.42. The van der Waals surface area contributed by atoms with E-state index < -0.39 is 0 Å². The van der Waals surface area contributed by atoms with Crippen LogP contribution in [0.25, 0.3) is 16.7 Å². The zero-order chi connectivity index (χ0) is 11.2. The van der Waals surface area contributed by atoms with E-state index in [1.807, 2.05) is 6.08 Å². The predicted octanol–water partition coefficient (Wildman–Crippen LogP) is 2.81. The minimum atomic E-state index is 0.576. The van der Waals surface area contributed by atoms with E-state index in [0.29, 0.717) is 12.3 Å². The molecule has 2 aliphatic rings. The second kappa shape index (κ2) is 3.20. The van der Waals surface area contributed by atoms with Gasteiger partial charge >= 0.3 is 0 Å². The summed E-state index contributed by atoms with van der Waals surface area (Å²) in [4.78, 5) is 4.56. The first-order valence-electron chi connectivity index (χ1n) is 5.69. The average molecular weight is 226 g/mol. The van der Waals surface area contributed by atoms with Gasteiger partial charge < -0.3 is 9.26 Å². The van der Waals surface area contributed by atoms with Crippen molar-refractivity contribution in [1.29, 1.82) is 0 Å². The van der Waals surface area contributed by atoms with Crippen molar-refractivity contribution in [3.05, 3.63) is 41.4 Å². The maximum absolute atomic E-state index is 5.74. The van der Waals surface area contributed by atoms with Crippen molar-refractivity contribution < 1.29 is 9.26 Å². The monoisotopic (exact) mass is 226 g/mol. The van der Waals surface area contributed by atoms with Crippen molar-refractivity contribution >= 4 is 16.7 Å². The highest BCUT2D eigenvalue weighted by Gasteiger charge is 2.23. The van der Waals surface area contributed by atoms with Gasteiger partial charge in [-0.3, -0.25) is 0 Å². The highest BCUT2D eigenvalue weighted by molar-refractivity contribution is 5.80. The zero-order valence-corrected chi connectivity index (χ0v) is 9.14. The van der Waals surface area contributed by atoms with E-state index in [4.69, 9.17) is 9.26 Å². The van der Waals surface area contributed by atoms with Crippen LogP contribution in [0.3, 0.4) is 0 Å². The number of pyridine rings is 1. The Kier molecular flexibility index (Phi) is 1.69. The Morgan fingerprint density at radius 3 is 3.29 bits per heavy atom. The number of ether oxygens (including phenoxy) is 1. The second-order valence-electron chi connectivity index (χ2n) is 4.29. The van der Waals surface area contributed by atoms with E-state index in [1.54, 1.807) is 6.20 Å². The zero-order valence-electron chi connectivity index (χ0n) is 9.14. The maximum Gasteiger partial charge on any atom is 0.258 e. The van der Waals surface area contributed by atoms with Crippen LogP contribution in [-0.2, 0) is 11.3 Å². The Morgan fingerprint density at radius 2 is 2.29 bits per heavy atom. The van der Waals surface area contributed by atoms with Crippen molar-refractivity contribution in [3.8, 4) is 0 Å². The van der Waals surface area contributed by atoms with E-state index in [0.717, 1.165) is 35.2 Å². The van der Waals surface area contributed by atoms with Gasteiger partial charge in [0.05, 0.1) is 17.3 Å². The molecule has 0 N–H and O–H groups in total. The Hall–Kier alpha value is -2.10. The Labute approximate surface area is 97.6 Å². The lowest BCUT2D eigenvalue weighted by atomic mass is 9.95. The molecule has 2 aromatic heterocycles. The van der Waals surface area contributed by atoms with E-state index in [1.165, 1.54) is 5.57 Å². The lowest BCUT2D eigenvalue weighted by molar-refractivity contribution is 0.205. The van der Waals surface area contributed by atoms with E-state index >= 15 is 0 Å². The molecule has 0 radical (unpaired) electrons. The van der Waals surface area contributed by atoms with Gasteiger partial charge in [0, 0.05) is 11.1 Å². The molecule has 1 aliphatic carbocycles. The molecule has 0 fully saturated rings. The SMILES string of the molecule is C1=CC2=C(CC1)c1nc3oncc3cc1CO2. The standard InChI is InChI=1S/C13H10N2O2/c1-2-4-11-10(3-1)12-9(7-16-11)5-8-6-14-17-13(8)15-12/h2,4-6H,1,3,7H2. The summed E-state index contributed by atoms with van der Waals surface area (Å²) in [5.74, 6) is 0.954. The van der Waals surface area contributed by atoms with Gasteiger partial charge in [-0.2, -0.15) is 0 Å². The molecule has 0 bridgehead atoms. The molecule has 0 amide bonds. The molecule has 2 aromatic rings. The summed E-state index contributed by atoms with van der Waals surface area (Å²) in [6.07, 6.45) is 7.88. The van der Waals surface area contributed by atoms with Crippen LogP contribution >= 0.6 is 0 Å². The van der Waals surface area contributed by atoms with Crippen LogP contribution < -0.4 is 0 Å². The molecule has 84 valence electrons. The summed E-state index contributed by atoms with van der Waals surface area (Å²) in [7, 11) is 0. The Morgan fingerprint density at radius 1 is 1.29 bits per heavy atom. The number of rotatable bonds is 0. The molecule has 3 heterocycles. The predicted molar refractivity (Wildman–Crippen MR) is 61.9 cm³/mol. The fraction of sp³-hybridized carbons (Fsp3) is 0.231. The molecule has 0 unspecified atom stereocenters. The molecule has 0 aromatic carbocycles. The highest BCUT2D eigenvalue weighted by Crippen LogP contribution is 2.35. The molecule has 17 heavy (non-hydrogen) atoms. The van der Waals surface area contributed by atoms with Crippen molar-refractivity contribution in [2.24, 2.45) is 0 Å². The summed E-state index contributed by atoms with van der Waals surface area (Å²) < 4.78 is 10.9. The number of nitrogens with zero attached hydrogens (tertiary/aromatic N) is 2. The van der Waals surface area contributed by atoms with E-state index in [2.05, 4.69) is 22.3 Å². The third-order valence-electron chi connectivity index (χ3n) is 3.22. The topological polar surface area (TPSA) is 48.2 Å². The van der Waals surface area contributed by atoms with Crippen LogP contribution in [0.15, 0.2) is 34.7 Å². The third-order valence-corrected chi connectivity index (χ3v) is 3.22. The molecule has 0 spiro atoms. The van der Waals surface area contributed by atoms with Crippen LogP contribution in [0, 0.1) is 0 Å². The summed E-state index contributed by atoms with van der Waals surface area (Å²) in [6.45, 7) is 0.576. The highest BCUT2D eigenvalue weighted by atomic mass is 16.5. The van der Waals surface area contributed by atoms with Crippen molar-refractivity contribution in [1.82, 2.24) is 10.1 Å². The van der Waals surface area contributed by atoms with Crippen LogP contribution in [0.2, 0.25) is 0 Å². The van der Waals surface area contributed by atoms with Gasteiger partial charge in [-0.25, -0.2) is 4.98 Å². The molecular formula is C13H10N2O2. The quantitative estimate of drug-likeness (QED) is 0.693. The molecular weight excluding hydrogens is 216 g/mol. The lowest BCUT2D eigenvalue weighted by Gasteiger charge is -2.23. The van der Waals surface area contributed by atoms with Crippen molar-refractivity contribution in [3.63, 3.8) is 0 Å². The van der Waals surface area contributed by atoms with Crippen LogP contribution in [0.5, 0.6) is 0 Å². The first-order valence-corrected chi connectivity index (χ1v) is 5.69.